The van der Waals surface area contributed by atoms with Gasteiger partial charge >= 0.3 is 0 Å². The molecule has 3 aromatic rings. The molecule has 1 aliphatic heterocycles. The maximum absolute atomic E-state index is 11.9. The molecule has 1 N–H and O–H groups in total. The van der Waals surface area contributed by atoms with Crippen molar-refractivity contribution in [1.29, 1.82) is 0 Å². The molecule has 0 unspecified atom stereocenters. The Hall–Kier alpha value is -3.41. The van der Waals surface area contributed by atoms with Crippen LogP contribution in [0.15, 0.2) is 55.4 Å². The molecule has 6 nitrogen and oxygen atoms in total. The molecule has 0 spiro atoms. The van der Waals surface area contributed by atoms with Crippen molar-refractivity contribution < 1.29 is 9.90 Å². The number of aromatic hydroxyl groups is 1. The van der Waals surface area contributed by atoms with Crippen LogP contribution in [0.3, 0.4) is 0 Å². The van der Waals surface area contributed by atoms with E-state index < -0.39 is 0 Å². The number of nitrogens with zero attached hydrogens (tertiary/aromatic N) is 4. The summed E-state index contributed by atoms with van der Waals surface area (Å²) in [4.78, 5) is 25.2. The van der Waals surface area contributed by atoms with Crippen LogP contribution in [0.4, 0.5) is 5.82 Å². The van der Waals surface area contributed by atoms with Crippen molar-refractivity contribution in [2.45, 2.75) is 25.2 Å². The van der Waals surface area contributed by atoms with E-state index in [1.807, 2.05) is 29.2 Å². The number of benzene rings is 2. The van der Waals surface area contributed by atoms with Gasteiger partial charge in [0.2, 0.25) is 5.91 Å². The van der Waals surface area contributed by atoms with E-state index in [1.165, 1.54) is 22.6 Å². The first-order valence-electron chi connectivity index (χ1n) is 10.8. The summed E-state index contributed by atoms with van der Waals surface area (Å²) in [7, 11) is 0. The first-order valence-corrected chi connectivity index (χ1v) is 10.8. The second kappa shape index (κ2) is 8.02. The van der Waals surface area contributed by atoms with Crippen LogP contribution >= 0.6 is 0 Å². The van der Waals surface area contributed by atoms with Crippen LogP contribution in [0.2, 0.25) is 0 Å². The number of anilines is 1. The first kappa shape index (κ1) is 19.5. The predicted molar refractivity (Wildman–Crippen MR) is 121 cm³/mol. The number of carbonyl (C=O) groups excluding carboxylic acids is 1. The second-order valence-electron chi connectivity index (χ2n) is 8.33. The van der Waals surface area contributed by atoms with Crippen molar-refractivity contribution in [3.63, 3.8) is 0 Å². The Morgan fingerprint density at radius 2 is 1.94 bits per heavy atom. The van der Waals surface area contributed by atoms with Crippen molar-refractivity contribution in [3.05, 3.63) is 72.2 Å². The third kappa shape index (κ3) is 3.63. The van der Waals surface area contributed by atoms with E-state index in [0.29, 0.717) is 24.8 Å². The highest BCUT2D eigenvalue weighted by molar-refractivity contribution is 5.88. The average Bonchev–Trinajstić information content (AvgIpc) is 2.82. The number of hydrogen-bond acceptors (Lipinski definition) is 5. The van der Waals surface area contributed by atoms with E-state index >= 15 is 0 Å². The van der Waals surface area contributed by atoms with Crippen LogP contribution in [0, 0.1) is 0 Å². The fraction of sp³-hybridized carbons (Fsp3) is 0.320. The molecule has 0 radical (unpaired) electrons. The van der Waals surface area contributed by atoms with Gasteiger partial charge < -0.3 is 14.9 Å². The van der Waals surface area contributed by atoms with Crippen LogP contribution in [0.1, 0.15) is 29.2 Å². The molecule has 2 aromatic carbocycles. The SMILES string of the molecule is C=CC(=O)N1CCN(c2ncnc3c2CC[C@@H](c2cc(O)cc4ccccc24)C3)CC1. The largest absolute Gasteiger partial charge is 0.508 e. The molecule has 158 valence electrons. The summed E-state index contributed by atoms with van der Waals surface area (Å²) in [6.07, 6.45) is 5.79. The molecule has 31 heavy (non-hydrogen) atoms. The number of amides is 1. The van der Waals surface area contributed by atoms with Gasteiger partial charge in [0.15, 0.2) is 0 Å². The lowest BCUT2D eigenvalue weighted by atomic mass is 9.80. The number of piperazine rings is 1. The molecular weight excluding hydrogens is 388 g/mol. The summed E-state index contributed by atoms with van der Waals surface area (Å²) >= 11 is 0. The van der Waals surface area contributed by atoms with Gasteiger partial charge in [0.25, 0.3) is 0 Å². The van der Waals surface area contributed by atoms with E-state index in [0.717, 1.165) is 49.2 Å². The summed E-state index contributed by atoms with van der Waals surface area (Å²) in [6.45, 7) is 6.49. The number of hydrogen-bond donors (Lipinski definition) is 1. The minimum absolute atomic E-state index is 0.00875. The fourth-order valence-electron chi connectivity index (χ4n) is 4.99. The van der Waals surface area contributed by atoms with Crippen LogP contribution in [0.5, 0.6) is 5.75 Å². The summed E-state index contributed by atoms with van der Waals surface area (Å²) in [5, 5.41) is 12.5. The molecular formula is C25H26N4O2. The van der Waals surface area contributed by atoms with Crippen LogP contribution in [-0.2, 0) is 17.6 Å². The number of carbonyl (C=O) groups is 1. The molecule has 0 bridgehead atoms. The lowest BCUT2D eigenvalue weighted by Crippen LogP contribution is -2.49. The lowest BCUT2D eigenvalue weighted by molar-refractivity contribution is -0.126. The van der Waals surface area contributed by atoms with Crippen molar-refractivity contribution in [1.82, 2.24) is 14.9 Å². The summed E-state index contributed by atoms with van der Waals surface area (Å²) < 4.78 is 0. The second-order valence-corrected chi connectivity index (χ2v) is 8.33. The van der Waals surface area contributed by atoms with Gasteiger partial charge in [-0.15, -0.1) is 0 Å². The molecule has 1 fully saturated rings. The zero-order chi connectivity index (χ0) is 21.4. The smallest absolute Gasteiger partial charge is 0.246 e. The van der Waals surface area contributed by atoms with E-state index in [9.17, 15) is 9.90 Å². The fourth-order valence-corrected chi connectivity index (χ4v) is 4.99. The van der Waals surface area contributed by atoms with Gasteiger partial charge in [0, 0.05) is 37.4 Å². The summed E-state index contributed by atoms with van der Waals surface area (Å²) in [5.41, 5.74) is 3.52. The molecule has 2 heterocycles. The van der Waals surface area contributed by atoms with E-state index in [2.05, 4.69) is 33.6 Å². The highest BCUT2D eigenvalue weighted by atomic mass is 16.3. The van der Waals surface area contributed by atoms with E-state index in [4.69, 9.17) is 0 Å². The Labute approximate surface area is 181 Å². The molecule has 6 heteroatoms. The monoisotopic (exact) mass is 414 g/mol. The van der Waals surface area contributed by atoms with E-state index in [-0.39, 0.29) is 5.91 Å². The van der Waals surface area contributed by atoms with Gasteiger partial charge in [-0.25, -0.2) is 9.97 Å². The molecule has 1 amide bonds. The average molecular weight is 415 g/mol. The Morgan fingerprint density at radius 3 is 2.74 bits per heavy atom. The van der Waals surface area contributed by atoms with Crippen molar-refractivity contribution in [2.24, 2.45) is 0 Å². The molecule has 5 rings (SSSR count). The maximum Gasteiger partial charge on any atom is 0.246 e. The number of phenols is 1. The minimum Gasteiger partial charge on any atom is -0.508 e. The summed E-state index contributed by atoms with van der Waals surface area (Å²) in [6, 6.07) is 12.0. The third-order valence-electron chi connectivity index (χ3n) is 6.58. The van der Waals surface area contributed by atoms with Crippen molar-refractivity contribution >= 4 is 22.5 Å². The minimum atomic E-state index is -0.00875. The molecule has 1 saturated heterocycles. The molecule has 1 aliphatic carbocycles. The lowest BCUT2D eigenvalue weighted by Gasteiger charge is -2.37. The Kier molecular flexibility index (Phi) is 5.06. The predicted octanol–water partition coefficient (Wildman–Crippen LogP) is 3.44. The van der Waals surface area contributed by atoms with Gasteiger partial charge in [0.05, 0.1) is 0 Å². The normalized spacial score (nSPS) is 18.6. The Bertz CT molecular complexity index is 1150. The van der Waals surface area contributed by atoms with Crippen LogP contribution < -0.4 is 4.90 Å². The standard InChI is InChI=1S/C25H26N4O2/c1-2-24(31)28-9-11-29(12-10-28)25-21-8-7-18(14-23(21)26-16-27-25)22-15-19(30)13-17-5-3-4-6-20(17)22/h2-6,13,15-16,18,30H,1,7-12,14H2/t18-/m1/s1. The molecule has 2 aliphatic rings. The molecule has 1 atom stereocenters. The van der Waals surface area contributed by atoms with Gasteiger partial charge in [-0.2, -0.15) is 0 Å². The van der Waals surface area contributed by atoms with Gasteiger partial charge in [0.1, 0.15) is 17.9 Å². The Morgan fingerprint density at radius 1 is 1.13 bits per heavy atom. The molecule has 1 aromatic heterocycles. The van der Waals surface area contributed by atoms with E-state index in [1.54, 1.807) is 6.33 Å². The van der Waals surface area contributed by atoms with Crippen LogP contribution in [0.25, 0.3) is 10.8 Å². The highest BCUT2D eigenvalue weighted by Gasteiger charge is 2.28. The third-order valence-corrected chi connectivity index (χ3v) is 6.58. The quantitative estimate of drug-likeness (QED) is 0.665. The number of rotatable bonds is 3. The first-order chi connectivity index (χ1) is 15.1. The number of phenolic OH excluding ortho intramolecular Hbond substituents is 1. The van der Waals surface area contributed by atoms with Gasteiger partial charge in [-0.1, -0.05) is 30.8 Å². The highest BCUT2D eigenvalue weighted by Crippen LogP contribution is 2.39. The Balaban J connectivity index is 1.40. The topological polar surface area (TPSA) is 69.6 Å². The number of aromatic nitrogens is 2. The zero-order valence-corrected chi connectivity index (χ0v) is 17.5. The number of fused-ring (bicyclic) bond motifs is 2. The van der Waals surface area contributed by atoms with Crippen molar-refractivity contribution in [2.75, 3.05) is 31.1 Å². The van der Waals surface area contributed by atoms with Gasteiger partial charge in [-0.3, -0.25) is 4.79 Å². The summed E-state index contributed by atoms with van der Waals surface area (Å²) in [5.74, 6) is 1.63. The maximum atomic E-state index is 11.9. The van der Waals surface area contributed by atoms with Crippen LogP contribution in [-0.4, -0.2) is 52.1 Å². The zero-order valence-electron chi connectivity index (χ0n) is 17.5. The van der Waals surface area contributed by atoms with Crippen molar-refractivity contribution in [3.8, 4) is 5.75 Å². The van der Waals surface area contributed by atoms with Gasteiger partial charge in [-0.05, 0) is 59.7 Å². The molecule has 0 saturated carbocycles.